The van der Waals surface area contributed by atoms with Crippen molar-refractivity contribution in [1.29, 1.82) is 0 Å². The number of amides is 1. The van der Waals surface area contributed by atoms with E-state index in [1.807, 2.05) is 25.1 Å². The predicted octanol–water partition coefficient (Wildman–Crippen LogP) is 3.37. The highest BCUT2D eigenvalue weighted by Crippen LogP contribution is 2.30. The molecule has 1 amide bonds. The first-order valence-electron chi connectivity index (χ1n) is 6.22. The van der Waals surface area contributed by atoms with Crippen molar-refractivity contribution in [3.8, 4) is 5.75 Å². The minimum Gasteiger partial charge on any atom is -0.508 e. The van der Waals surface area contributed by atoms with E-state index in [0.717, 1.165) is 11.1 Å². The molecule has 19 heavy (non-hydrogen) atoms. The maximum absolute atomic E-state index is 11.6. The molecule has 0 spiro atoms. The summed E-state index contributed by atoms with van der Waals surface area (Å²) in [6.45, 7) is 4.10. The van der Waals surface area contributed by atoms with Crippen molar-refractivity contribution in [2.45, 2.75) is 19.8 Å². The Morgan fingerprint density at radius 3 is 2.63 bits per heavy atom. The monoisotopic (exact) mass is 259 g/mol. The van der Waals surface area contributed by atoms with Crippen molar-refractivity contribution in [3.63, 3.8) is 0 Å². The zero-order valence-electron chi connectivity index (χ0n) is 11.0. The summed E-state index contributed by atoms with van der Waals surface area (Å²) in [6, 6.07) is 7.08. The van der Waals surface area contributed by atoms with Gasteiger partial charge < -0.3 is 9.84 Å². The van der Waals surface area contributed by atoms with Gasteiger partial charge in [0.25, 0.3) is 0 Å². The van der Waals surface area contributed by atoms with Crippen molar-refractivity contribution in [2.75, 3.05) is 6.61 Å². The largest absolute Gasteiger partial charge is 0.508 e. The number of carbonyl (C=O) groups is 1. The van der Waals surface area contributed by atoms with Gasteiger partial charge in [0.15, 0.2) is 0 Å². The molecule has 4 heteroatoms. The summed E-state index contributed by atoms with van der Waals surface area (Å²) in [5.74, 6) is 0.365. The van der Waals surface area contributed by atoms with Crippen LogP contribution in [0.5, 0.6) is 5.75 Å². The van der Waals surface area contributed by atoms with Crippen molar-refractivity contribution < 1.29 is 14.6 Å². The molecule has 0 bridgehead atoms. The molecule has 0 aliphatic carbocycles. The van der Waals surface area contributed by atoms with Gasteiger partial charge in [-0.15, -0.1) is 0 Å². The summed E-state index contributed by atoms with van der Waals surface area (Å²) in [5, 5.41) is 9.29. The first-order chi connectivity index (χ1) is 9.11. The van der Waals surface area contributed by atoms with Crippen LogP contribution in [0, 0.1) is 0 Å². The van der Waals surface area contributed by atoms with E-state index in [9.17, 15) is 9.90 Å². The number of phenolic OH excluding ortho intramolecular Hbond substituents is 1. The van der Waals surface area contributed by atoms with Crippen LogP contribution >= 0.6 is 0 Å². The standard InChI is InChI=1S/C15H17NO3/c1-3-19-15(18)16-9-8-14(11(2)10-16)12-4-6-13(17)7-5-12/h4-10,14,17H,3H2,1-2H3. The second-order valence-electron chi connectivity index (χ2n) is 4.39. The second-order valence-corrected chi connectivity index (χ2v) is 4.39. The lowest BCUT2D eigenvalue weighted by molar-refractivity contribution is 0.132. The van der Waals surface area contributed by atoms with Gasteiger partial charge in [0, 0.05) is 18.3 Å². The van der Waals surface area contributed by atoms with Crippen LogP contribution in [0.2, 0.25) is 0 Å². The second kappa shape index (κ2) is 5.61. The third kappa shape index (κ3) is 2.96. The molecule has 1 unspecified atom stereocenters. The van der Waals surface area contributed by atoms with E-state index in [2.05, 4.69) is 0 Å². The van der Waals surface area contributed by atoms with Gasteiger partial charge in [-0.05, 0) is 37.1 Å². The maximum atomic E-state index is 11.6. The zero-order valence-corrected chi connectivity index (χ0v) is 11.0. The Bertz CT molecular complexity index is 517. The highest BCUT2D eigenvalue weighted by molar-refractivity contribution is 5.71. The fourth-order valence-electron chi connectivity index (χ4n) is 2.04. The van der Waals surface area contributed by atoms with Crippen molar-refractivity contribution in [2.24, 2.45) is 0 Å². The van der Waals surface area contributed by atoms with Gasteiger partial charge in [0.05, 0.1) is 6.61 Å². The molecule has 1 N–H and O–H groups in total. The fraction of sp³-hybridized carbons (Fsp3) is 0.267. The highest BCUT2D eigenvalue weighted by Gasteiger charge is 2.19. The Hall–Kier alpha value is -2.23. The average molecular weight is 259 g/mol. The molecule has 100 valence electrons. The summed E-state index contributed by atoms with van der Waals surface area (Å²) in [4.78, 5) is 13.0. The molecule has 0 radical (unpaired) electrons. The number of carbonyl (C=O) groups excluding carboxylic acids is 1. The number of phenols is 1. The number of ether oxygens (including phenoxy) is 1. The number of aromatic hydroxyl groups is 1. The molecule has 1 aliphatic rings. The number of nitrogens with zero attached hydrogens (tertiary/aromatic N) is 1. The van der Waals surface area contributed by atoms with Gasteiger partial charge in [-0.25, -0.2) is 4.79 Å². The van der Waals surface area contributed by atoms with E-state index in [0.29, 0.717) is 6.61 Å². The summed E-state index contributed by atoms with van der Waals surface area (Å²) in [7, 11) is 0. The molecular weight excluding hydrogens is 242 g/mol. The summed E-state index contributed by atoms with van der Waals surface area (Å²) >= 11 is 0. The average Bonchev–Trinajstić information content (AvgIpc) is 2.40. The van der Waals surface area contributed by atoms with Crippen LogP contribution in [-0.4, -0.2) is 22.7 Å². The predicted molar refractivity (Wildman–Crippen MR) is 72.6 cm³/mol. The van der Waals surface area contributed by atoms with E-state index >= 15 is 0 Å². The minimum absolute atomic E-state index is 0.117. The smallest absolute Gasteiger partial charge is 0.417 e. The lowest BCUT2D eigenvalue weighted by atomic mass is 9.91. The molecule has 2 rings (SSSR count). The van der Waals surface area contributed by atoms with Crippen molar-refractivity contribution >= 4 is 6.09 Å². The summed E-state index contributed by atoms with van der Waals surface area (Å²) in [5.41, 5.74) is 2.12. The Balaban J connectivity index is 2.16. The van der Waals surface area contributed by atoms with Gasteiger partial charge in [-0.3, -0.25) is 4.90 Å². The number of hydrogen-bond donors (Lipinski definition) is 1. The Labute approximate surface area is 112 Å². The third-order valence-electron chi connectivity index (χ3n) is 3.00. The van der Waals surface area contributed by atoms with Crippen LogP contribution in [0.25, 0.3) is 0 Å². The van der Waals surface area contributed by atoms with Crippen LogP contribution in [-0.2, 0) is 4.74 Å². The van der Waals surface area contributed by atoms with Crippen LogP contribution in [0.3, 0.4) is 0 Å². The molecule has 0 fully saturated rings. The summed E-state index contributed by atoms with van der Waals surface area (Å²) < 4.78 is 4.94. The number of allylic oxidation sites excluding steroid dienone is 2. The van der Waals surface area contributed by atoms with Crippen LogP contribution in [0.15, 0.2) is 48.3 Å². The van der Waals surface area contributed by atoms with Gasteiger partial charge in [0.1, 0.15) is 5.75 Å². The molecule has 0 aromatic heterocycles. The van der Waals surface area contributed by atoms with Gasteiger partial charge in [-0.1, -0.05) is 18.2 Å². The summed E-state index contributed by atoms with van der Waals surface area (Å²) in [6.07, 6.45) is 5.05. The van der Waals surface area contributed by atoms with Gasteiger partial charge >= 0.3 is 6.09 Å². The van der Waals surface area contributed by atoms with E-state index in [4.69, 9.17) is 4.74 Å². The van der Waals surface area contributed by atoms with E-state index < -0.39 is 0 Å². The molecule has 4 nitrogen and oxygen atoms in total. The SMILES string of the molecule is CCOC(=O)N1C=CC(c2ccc(O)cc2)C(C)=C1. The minimum atomic E-state index is -0.373. The molecule has 1 aromatic carbocycles. The zero-order chi connectivity index (χ0) is 13.8. The molecular formula is C15H17NO3. The topological polar surface area (TPSA) is 49.8 Å². The lowest BCUT2D eigenvalue weighted by Crippen LogP contribution is -2.24. The first kappa shape index (κ1) is 13.2. The van der Waals surface area contributed by atoms with Gasteiger partial charge in [0.2, 0.25) is 0 Å². The van der Waals surface area contributed by atoms with E-state index in [1.54, 1.807) is 31.5 Å². The number of rotatable bonds is 2. The van der Waals surface area contributed by atoms with Gasteiger partial charge in [-0.2, -0.15) is 0 Å². The van der Waals surface area contributed by atoms with E-state index in [-0.39, 0.29) is 17.8 Å². The molecule has 0 saturated heterocycles. The Morgan fingerprint density at radius 2 is 2.05 bits per heavy atom. The van der Waals surface area contributed by atoms with Crippen LogP contribution in [0.1, 0.15) is 25.3 Å². The maximum Gasteiger partial charge on any atom is 0.417 e. The van der Waals surface area contributed by atoms with E-state index in [1.165, 1.54) is 4.90 Å². The molecule has 0 saturated carbocycles. The van der Waals surface area contributed by atoms with Crippen LogP contribution < -0.4 is 0 Å². The van der Waals surface area contributed by atoms with Crippen LogP contribution in [0.4, 0.5) is 4.79 Å². The van der Waals surface area contributed by atoms with Crippen molar-refractivity contribution in [3.05, 3.63) is 53.9 Å². The molecule has 1 heterocycles. The van der Waals surface area contributed by atoms with Crippen molar-refractivity contribution in [1.82, 2.24) is 4.90 Å². The Kier molecular flexibility index (Phi) is 3.90. The third-order valence-corrected chi connectivity index (χ3v) is 3.00. The molecule has 1 aromatic rings. The first-order valence-corrected chi connectivity index (χ1v) is 6.22. The normalized spacial score (nSPS) is 18.1. The molecule has 1 aliphatic heterocycles. The lowest BCUT2D eigenvalue weighted by Gasteiger charge is -2.23. The quantitative estimate of drug-likeness (QED) is 0.886. The highest BCUT2D eigenvalue weighted by atomic mass is 16.5. The Morgan fingerprint density at radius 1 is 1.37 bits per heavy atom. The fourth-order valence-corrected chi connectivity index (χ4v) is 2.04. The molecule has 1 atom stereocenters. The number of benzene rings is 1. The number of hydrogen-bond acceptors (Lipinski definition) is 3.